The van der Waals surface area contributed by atoms with Gasteiger partial charge in [-0.3, -0.25) is 0 Å². The predicted octanol–water partition coefficient (Wildman–Crippen LogP) is 4.84. The molecule has 0 saturated heterocycles. The molecule has 17 heavy (non-hydrogen) atoms. The first-order valence-electron chi connectivity index (χ1n) is 5.25. The van der Waals surface area contributed by atoms with Gasteiger partial charge in [-0.2, -0.15) is 0 Å². The summed E-state index contributed by atoms with van der Waals surface area (Å²) in [7, 11) is 1.71. The number of ether oxygens (including phenoxy) is 1. The fourth-order valence-electron chi connectivity index (χ4n) is 1.77. The highest BCUT2D eigenvalue weighted by atomic mass is 79.9. The largest absolute Gasteiger partial charge is 0.372 e. The minimum Gasteiger partial charge on any atom is -0.372 e. The van der Waals surface area contributed by atoms with Crippen LogP contribution < -0.4 is 0 Å². The number of halogens is 2. The van der Waals surface area contributed by atoms with Crippen molar-refractivity contribution >= 4 is 27.5 Å². The predicted molar refractivity (Wildman–Crippen MR) is 74.4 cm³/mol. The molecule has 2 rings (SSSR count). The van der Waals surface area contributed by atoms with Crippen molar-refractivity contribution in [1.82, 2.24) is 0 Å². The molecular weight excluding hydrogens is 300 g/mol. The van der Waals surface area contributed by atoms with E-state index >= 15 is 0 Å². The molecule has 0 heterocycles. The standard InChI is InChI=1S/C14H12BrClO/c1-17-14(10-6-8-11(16)9-7-10)12-4-2-3-5-13(12)15/h2-9,14H,1H3/t14-/m1/s1. The van der Waals surface area contributed by atoms with Crippen LogP contribution in [0.3, 0.4) is 0 Å². The van der Waals surface area contributed by atoms with Crippen molar-refractivity contribution in [3.63, 3.8) is 0 Å². The second kappa shape index (κ2) is 5.67. The molecule has 0 aliphatic carbocycles. The van der Waals surface area contributed by atoms with Gasteiger partial charge in [-0.25, -0.2) is 0 Å². The van der Waals surface area contributed by atoms with Crippen LogP contribution in [0.1, 0.15) is 17.2 Å². The third-order valence-electron chi connectivity index (χ3n) is 2.60. The fraction of sp³-hybridized carbons (Fsp3) is 0.143. The average molecular weight is 312 g/mol. The van der Waals surface area contributed by atoms with Crippen LogP contribution in [0.15, 0.2) is 53.0 Å². The normalized spacial score (nSPS) is 12.4. The van der Waals surface area contributed by atoms with Crippen LogP contribution in [-0.2, 0) is 4.74 Å². The van der Waals surface area contributed by atoms with E-state index in [1.807, 2.05) is 48.5 Å². The van der Waals surface area contributed by atoms with Gasteiger partial charge in [0.2, 0.25) is 0 Å². The molecule has 0 bridgehead atoms. The summed E-state index contributed by atoms with van der Waals surface area (Å²) in [6.07, 6.45) is -0.0807. The Bertz CT molecular complexity index is 496. The second-order valence-electron chi connectivity index (χ2n) is 3.69. The van der Waals surface area contributed by atoms with Gasteiger partial charge in [-0.1, -0.05) is 57.9 Å². The number of benzene rings is 2. The van der Waals surface area contributed by atoms with Gasteiger partial charge < -0.3 is 4.74 Å². The molecule has 0 unspecified atom stereocenters. The quantitative estimate of drug-likeness (QED) is 0.788. The van der Waals surface area contributed by atoms with Crippen molar-refractivity contribution in [2.45, 2.75) is 6.10 Å². The zero-order chi connectivity index (χ0) is 12.3. The van der Waals surface area contributed by atoms with Crippen molar-refractivity contribution in [2.75, 3.05) is 7.11 Å². The number of hydrogen-bond donors (Lipinski definition) is 0. The minimum absolute atomic E-state index is 0.0807. The molecule has 0 aliphatic heterocycles. The summed E-state index contributed by atoms with van der Waals surface area (Å²) >= 11 is 9.43. The molecule has 0 radical (unpaired) electrons. The fourth-order valence-corrected chi connectivity index (χ4v) is 2.39. The lowest BCUT2D eigenvalue weighted by Gasteiger charge is -2.17. The molecule has 0 spiro atoms. The van der Waals surface area contributed by atoms with Crippen LogP contribution in [-0.4, -0.2) is 7.11 Å². The van der Waals surface area contributed by atoms with E-state index in [9.17, 15) is 0 Å². The van der Waals surface area contributed by atoms with E-state index < -0.39 is 0 Å². The van der Waals surface area contributed by atoms with Crippen LogP contribution in [0.2, 0.25) is 5.02 Å². The highest BCUT2D eigenvalue weighted by Crippen LogP contribution is 2.31. The summed E-state index contributed by atoms with van der Waals surface area (Å²) in [5.74, 6) is 0. The van der Waals surface area contributed by atoms with E-state index in [-0.39, 0.29) is 6.10 Å². The molecule has 0 saturated carbocycles. The Morgan fingerprint density at radius 2 is 1.71 bits per heavy atom. The smallest absolute Gasteiger partial charge is 0.108 e. The van der Waals surface area contributed by atoms with Crippen molar-refractivity contribution in [3.05, 3.63) is 69.2 Å². The third kappa shape index (κ3) is 2.89. The van der Waals surface area contributed by atoms with Crippen molar-refractivity contribution in [1.29, 1.82) is 0 Å². The molecule has 3 heteroatoms. The number of methoxy groups -OCH3 is 1. The lowest BCUT2D eigenvalue weighted by Crippen LogP contribution is -2.04. The number of hydrogen-bond acceptors (Lipinski definition) is 1. The maximum Gasteiger partial charge on any atom is 0.108 e. The molecule has 0 N–H and O–H groups in total. The Morgan fingerprint density at radius 1 is 1.06 bits per heavy atom. The molecule has 0 aromatic heterocycles. The summed E-state index contributed by atoms with van der Waals surface area (Å²) in [6.45, 7) is 0. The summed E-state index contributed by atoms with van der Waals surface area (Å²) in [5, 5.41) is 0.732. The molecule has 2 aromatic rings. The molecule has 88 valence electrons. The van der Waals surface area contributed by atoms with Gasteiger partial charge in [0.1, 0.15) is 6.10 Å². The summed E-state index contributed by atoms with van der Waals surface area (Å²) in [6, 6.07) is 15.8. The topological polar surface area (TPSA) is 9.23 Å². The van der Waals surface area contributed by atoms with Crippen LogP contribution in [0.4, 0.5) is 0 Å². The Morgan fingerprint density at radius 3 is 2.29 bits per heavy atom. The zero-order valence-electron chi connectivity index (χ0n) is 9.36. The van der Waals surface area contributed by atoms with Gasteiger partial charge >= 0.3 is 0 Å². The summed E-state index contributed by atoms with van der Waals surface area (Å²) in [5.41, 5.74) is 2.20. The van der Waals surface area contributed by atoms with E-state index in [2.05, 4.69) is 15.9 Å². The Kier molecular flexibility index (Phi) is 4.21. The lowest BCUT2D eigenvalue weighted by atomic mass is 10.0. The van der Waals surface area contributed by atoms with Crippen LogP contribution in [0, 0.1) is 0 Å². The van der Waals surface area contributed by atoms with Gasteiger partial charge in [-0.15, -0.1) is 0 Å². The minimum atomic E-state index is -0.0807. The molecule has 0 aliphatic rings. The zero-order valence-corrected chi connectivity index (χ0v) is 11.7. The van der Waals surface area contributed by atoms with Crippen molar-refractivity contribution in [3.8, 4) is 0 Å². The first-order chi connectivity index (χ1) is 8.22. The molecule has 2 aromatic carbocycles. The first kappa shape index (κ1) is 12.6. The molecular formula is C14H12BrClO. The number of rotatable bonds is 3. The highest BCUT2D eigenvalue weighted by Gasteiger charge is 2.15. The Labute approximate surface area is 115 Å². The summed E-state index contributed by atoms with van der Waals surface area (Å²) in [4.78, 5) is 0. The van der Waals surface area contributed by atoms with E-state index in [1.54, 1.807) is 7.11 Å². The van der Waals surface area contributed by atoms with Gasteiger partial charge in [0.25, 0.3) is 0 Å². The SMILES string of the molecule is CO[C@H](c1ccc(Cl)cc1)c1ccccc1Br. The van der Waals surface area contributed by atoms with Gasteiger partial charge in [0, 0.05) is 16.6 Å². The maximum absolute atomic E-state index is 5.89. The highest BCUT2D eigenvalue weighted by molar-refractivity contribution is 9.10. The molecule has 1 nitrogen and oxygen atoms in total. The van der Waals surface area contributed by atoms with Gasteiger partial charge in [0.15, 0.2) is 0 Å². The van der Waals surface area contributed by atoms with Crippen molar-refractivity contribution in [2.24, 2.45) is 0 Å². The average Bonchev–Trinajstić information content (AvgIpc) is 2.35. The Hall–Kier alpha value is -0.830. The first-order valence-corrected chi connectivity index (χ1v) is 6.42. The van der Waals surface area contributed by atoms with Crippen LogP contribution in [0.5, 0.6) is 0 Å². The third-order valence-corrected chi connectivity index (χ3v) is 3.57. The monoisotopic (exact) mass is 310 g/mol. The molecule has 0 amide bonds. The summed E-state index contributed by atoms with van der Waals surface area (Å²) < 4.78 is 6.61. The Balaban J connectivity index is 2.40. The molecule has 1 atom stereocenters. The van der Waals surface area contributed by atoms with Gasteiger partial charge in [0.05, 0.1) is 0 Å². The second-order valence-corrected chi connectivity index (χ2v) is 4.98. The van der Waals surface area contributed by atoms with Crippen molar-refractivity contribution < 1.29 is 4.74 Å². The molecule has 0 fully saturated rings. The van der Waals surface area contributed by atoms with Crippen LogP contribution >= 0.6 is 27.5 Å². The maximum atomic E-state index is 5.89. The van der Waals surface area contributed by atoms with Crippen LogP contribution in [0.25, 0.3) is 0 Å². The lowest BCUT2D eigenvalue weighted by molar-refractivity contribution is 0.136. The van der Waals surface area contributed by atoms with E-state index in [4.69, 9.17) is 16.3 Å². The van der Waals surface area contributed by atoms with E-state index in [0.717, 1.165) is 20.6 Å². The van der Waals surface area contributed by atoms with E-state index in [1.165, 1.54) is 0 Å². The van der Waals surface area contributed by atoms with Gasteiger partial charge in [-0.05, 0) is 29.3 Å². The van der Waals surface area contributed by atoms with E-state index in [0.29, 0.717) is 0 Å².